The van der Waals surface area contributed by atoms with E-state index in [2.05, 4.69) is 31.8 Å². The van der Waals surface area contributed by atoms with E-state index in [1.807, 2.05) is 30.5 Å². The summed E-state index contributed by atoms with van der Waals surface area (Å²) in [5.74, 6) is 0.267. The molecule has 88 valence electrons. The monoisotopic (exact) mass is 227 g/mol. The van der Waals surface area contributed by atoms with Crippen molar-refractivity contribution in [2.75, 3.05) is 0 Å². The lowest BCUT2D eigenvalue weighted by atomic mass is 9.88. The average Bonchev–Trinajstić information content (AvgIpc) is 2.29. The van der Waals surface area contributed by atoms with Gasteiger partial charge in [0.15, 0.2) is 0 Å². The highest BCUT2D eigenvalue weighted by atomic mass is 16.3. The highest BCUT2D eigenvalue weighted by Crippen LogP contribution is 2.28. The van der Waals surface area contributed by atoms with E-state index >= 15 is 0 Å². The van der Waals surface area contributed by atoms with Gasteiger partial charge >= 0.3 is 0 Å². The van der Waals surface area contributed by atoms with Crippen LogP contribution in [0.1, 0.15) is 26.3 Å². The smallest absolute Gasteiger partial charge is 0.124 e. The molecule has 0 radical (unpaired) electrons. The first-order valence-electron chi connectivity index (χ1n) is 5.73. The van der Waals surface area contributed by atoms with Gasteiger partial charge in [0.25, 0.3) is 0 Å². The highest BCUT2D eigenvalue weighted by Gasteiger charge is 2.14. The molecule has 1 N–H and O–H groups in total. The maximum absolute atomic E-state index is 9.75. The molecule has 0 bridgehead atoms. The van der Waals surface area contributed by atoms with Gasteiger partial charge in [0.05, 0.1) is 5.69 Å². The minimum atomic E-state index is 0.101. The maximum Gasteiger partial charge on any atom is 0.124 e. The van der Waals surface area contributed by atoms with Gasteiger partial charge < -0.3 is 5.11 Å². The molecule has 0 saturated heterocycles. The van der Waals surface area contributed by atoms with Gasteiger partial charge in [-0.05, 0) is 29.2 Å². The lowest BCUT2D eigenvalue weighted by Crippen LogP contribution is -2.11. The van der Waals surface area contributed by atoms with Gasteiger partial charge in [0, 0.05) is 11.8 Å². The molecule has 0 aliphatic rings. The number of aromatic hydroxyl groups is 1. The van der Waals surface area contributed by atoms with E-state index < -0.39 is 0 Å². The van der Waals surface area contributed by atoms with Crippen LogP contribution in [0.3, 0.4) is 0 Å². The lowest BCUT2D eigenvalue weighted by molar-refractivity contribution is 0.477. The summed E-state index contributed by atoms with van der Waals surface area (Å²) in [5.41, 5.74) is 2.87. The summed E-state index contributed by atoms with van der Waals surface area (Å²) in [6, 6.07) is 11.3. The largest absolute Gasteiger partial charge is 0.507 e. The second kappa shape index (κ2) is 4.21. The Labute approximate surface area is 102 Å². The first kappa shape index (κ1) is 11.6. The number of phenolic OH excluding ortho intramolecular Hbond substituents is 1. The molecule has 2 aromatic rings. The van der Waals surface area contributed by atoms with E-state index in [1.165, 1.54) is 5.56 Å². The van der Waals surface area contributed by atoms with Crippen molar-refractivity contribution in [2.45, 2.75) is 26.2 Å². The zero-order valence-corrected chi connectivity index (χ0v) is 10.4. The summed E-state index contributed by atoms with van der Waals surface area (Å²) in [6.07, 6.45) is 1.88. The van der Waals surface area contributed by atoms with Crippen molar-refractivity contribution in [1.29, 1.82) is 0 Å². The third-order valence-electron chi connectivity index (χ3n) is 2.81. The van der Waals surface area contributed by atoms with E-state index in [1.54, 1.807) is 6.07 Å². The molecule has 0 amide bonds. The first-order chi connectivity index (χ1) is 7.98. The Hall–Kier alpha value is -1.83. The molecule has 2 rings (SSSR count). The number of rotatable bonds is 1. The predicted molar refractivity (Wildman–Crippen MR) is 70.0 cm³/mol. The number of para-hydroxylation sites is 1. The number of pyridine rings is 1. The summed E-state index contributed by atoms with van der Waals surface area (Å²) in [7, 11) is 0. The Morgan fingerprint density at radius 2 is 1.71 bits per heavy atom. The summed E-state index contributed by atoms with van der Waals surface area (Å²) in [4.78, 5) is 4.42. The first-order valence-corrected chi connectivity index (χ1v) is 5.73. The van der Waals surface area contributed by atoms with Crippen LogP contribution in [0.2, 0.25) is 0 Å². The Bertz CT molecular complexity index is 509. The van der Waals surface area contributed by atoms with Gasteiger partial charge in [0.1, 0.15) is 5.75 Å². The molecule has 0 aliphatic heterocycles. The molecule has 1 aromatic heterocycles. The Morgan fingerprint density at radius 1 is 1.00 bits per heavy atom. The van der Waals surface area contributed by atoms with Gasteiger partial charge in [-0.1, -0.05) is 39.0 Å². The van der Waals surface area contributed by atoms with E-state index in [-0.39, 0.29) is 11.2 Å². The Balaban J connectivity index is 2.40. The number of benzene rings is 1. The topological polar surface area (TPSA) is 33.1 Å². The van der Waals surface area contributed by atoms with E-state index in [9.17, 15) is 5.11 Å². The Kier molecular flexibility index (Phi) is 2.88. The summed E-state index contributed by atoms with van der Waals surface area (Å²) < 4.78 is 0. The molecular formula is C15H17NO. The van der Waals surface area contributed by atoms with Gasteiger partial charge in [0.2, 0.25) is 0 Å². The number of phenols is 1. The van der Waals surface area contributed by atoms with E-state index in [4.69, 9.17) is 0 Å². The van der Waals surface area contributed by atoms with Crippen LogP contribution in [-0.4, -0.2) is 10.1 Å². The number of hydrogen-bond donors (Lipinski definition) is 1. The summed E-state index contributed by atoms with van der Waals surface area (Å²) in [5, 5.41) is 9.75. The van der Waals surface area contributed by atoms with E-state index in [0.717, 1.165) is 11.3 Å². The molecule has 0 fully saturated rings. The van der Waals surface area contributed by atoms with Crippen molar-refractivity contribution in [2.24, 2.45) is 0 Å². The van der Waals surface area contributed by atoms with Crippen molar-refractivity contribution >= 4 is 0 Å². The van der Waals surface area contributed by atoms with E-state index in [0.29, 0.717) is 0 Å². The third kappa shape index (κ3) is 2.47. The fourth-order valence-electron chi connectivity index (χ4n) is 1.69. The van der Waals surface area contributed by atoms with Crippen molar-refractivity contribution in [3.8, 4) is 17.0 Å². The lowest BCUT2D eigenvalue weighted by Gasteiger charge is -2.18. The van der Waals surface area contributed by atoms with Crippen molar-refractivity contribution < 1.29 is 5.11 Å². The fraction of sp³-hybridized carbons (Fsp3) is 0.267. The van der Waals surface area contributed by atoms with Gasteiger partial charge in [-0.3, -0.25) is 4.98 Å². The summed E-state index contributed by atoms with van der Waals surface area (Å²) in [6.45, 7) is 6.47. The quantitative estimate of drug-likeness (QED) is 0.804. The Morgan fingerprint density at radius 3 is 2.24 bits per heavy atom. The number of hydrogen-bond acceptors (Lipinski definition) is 2. The minimum absolute atomic E-state index is 0.101. The predicted octanol–water partition coefficient (Wildman–Crippen LogP) is 3.75. The maximum atomic E-state index is 9.75. The fourth-order valence-corrected chi connectivity index (χ4v) is 1.69. The molecule has 0 atom stereocenters. The van der Waals surface area contributed by atoms with Crippen molar-refractivity contribution in [3.63, 3.8) is 0 Å². The molecule has 0 spiro atoms. The normalized spacial score (nSPS) is 11.5. The van der Waals surface area contributed by atoms with Crippen LogP contribution in [0.5, 0.6) is 5.75 Å². The van der Waals surface area contributed by atoms with Crippen molar-refractivity contribution in [1.82, 2.24) is 4.98 Å². The molecule has 17 heavy (non-hydrogen) atoms. The molecule has 2 nitrogen and oxygen atoms in total. The van der Waals surface area contributed by atoms with Crippen LogP contribution < -0.4 is 0 Å². The number of nitrogens with zero attached hydrogens (tertiary/aromatic N) is 1. The van der Waals surface area contributed by atoms with Crippen LogP contribution in [0.4, 0.5) is 0 Å². The second-order valence-electron chi connectivity index (χ2n) is 5.20. The van der Waals surface area contributed by atoms with Crippen molar-refractivity contribution in [3.05, 3.63) is 48.2 Å². The standard InChI is InChI=1S/C15H17NO/c1-15(2,3)11-8-9-13(16-10-11)12-6-4-5-7-14(12)17/h4-10,17H,1-3H3. The third-order valence-corrected chi connectivity index (χ3v) is 2.81. The minimum Gasteiger partial charge on any atom is -0.507 e. The zero-order chi connectivity index (χ0) is 12.5. The SMILES string of the molecule is CC(C)(C)c1ccc(-c2ccccc2O)nc1. The molecule has 1 heterocycles. The van der Waals surface area contributed by atoms with Crippen LogP contribution in [-0.2, 0) is 5.41 Å². The van der Waals surface area contributed by atoms with Crippen LogP contribution in [0.15, 0.2) is 42.6 Å². The number of aromatic nitrogens is 1. The van der Waals surface area contributed by atoms with Gasteiger partial charge in [-0.25, -0.2) is 0 Å². The second-order valence-corrected chi connectivity index (χ2v) is 5.20. The van der Waals surface area contributed by atoms with Crippen LogP contribution in [0.25, 0.3) is 11.3 Å². The molecule has 0 aliphatic carbocycles. The van der Waals surface area contributed by atoms with Gasteiger partial charge in [-0.2, -0.15) is 0 Å². The van der Waals surface area contributed by atoms with Crippen LogP contribution >= 0.6 is 0 Å². The molecule has 2 heteroatoms. The zero-order valence-electron chi connectivity index (χ0n) is 10.4. The molecular weight excluding hydrogens is 210 g/mol. The van der Waals surface area contributed by atoms with Gasteiger partial charge in [-0.15, -0.1) is 0 Å². The summed E-state index contributed by atoms with van der Waals surface area (Å²) >= 11 is 0. The van der Waals surface area contributed by atoms with Crippen LogP contribution in [0, 0.1) is 0 Å². The molecule has 1 aromatic carbocycles. The highest BCUT2D eigenvalue weighted by molar-refractivity contribution is 5.66. The molecule has 0 unspecified atom stereocenters. The average molecular weight is 227 g/mol. The molecule has 0 saturated carbocycles.